The van der Waals surface area contributed by atoms with Crippen LogP contribution in [-0.2, 0) is 0 Å². The molecule has 6 heteroatoms. The third-order valence-electron chi connectivity index (χ3n) is 3.37. The van der Waals surface area contributed by atoms with Crippen LogP contribution in [0.3, 0.4) is 0 Å². The zero-order chi connectivity index (χ0) is 16.9. The van der Waals surface area contributed by atoms with Gasteiger partial charge in [0.15, 0.2) is 11.6 Å². The van der Waals surface area contributed by atoms with Crippen LogP contribution in [0.25, 0.3) is 12.2 Å². The molecule has 0 saturated carbocycles. The smallest absolute Gasteiger partial charge is 0.156 e. The first-order valence-corrected chi connectivity index (χ1v) is 7.69. The van der Waals surface area contributed by atoms with Gasteiger partial charge in [0.25, 0.3) is 0 Å². The van der Waals surface area contributed by atoms with Crippen LogP contribution in [0.2, 0.25) is 0 Å². The minimum atomic E-state index is 0.639. The lowest BCUT2D eigenvalue weighted by Crippen LogP contribution is -2.12. The highest BCUT2D eigenvalue weighted by Crippen LogP contribution is 2.19. The fourth-order valence-electron chi connectivity index (χ4n) is 2.17. The number of hydrogen-bond donors (Lipinski definition) is 2. The molecule has 0 aliphatic rings. The first kappa shape index (κ1) is 15.7. The Kier molecular flexibility index (Phi) is 4.56. The van der Waals surface area contributed by atoms with Gasteiger partial charge in [0.2, 0.25) is 0 Å². The topological polar surface area (TPSA) is 69.7 Å². The predicted octanol–water partition coefficient (Wildman–Crippen LogP) is 3.49. The zero-order valence-corrected chi connectivity index (χ0v) is 14.0. The number of rotatable bonds is 5. The SMILES string of the molecule is Cc1cc(Nc2cc(N(C)C)nc(/C=C/c3ccccc3)n2)n[nH]1. The van der Waals surface area contributed by atoms with E-state index in [4.69, 9.17) is 0 Å². The Morgan fingerprint density at radius 2 is 1.79 bits per heavy atom. The van der Waals surface area contributed by atoms with Crippen LogP contribution in [0.4, 0.5) is 17.5 Å². The van der Waals surface area contributed by atoms with Crippen LogP contribution in [0, 0.1) is 6.92 Å². The number of aromatic nitrogens is 4. The van der Waals surface area contributed by atoms with Crippen LogP contribution in [0.15, 0.2) is 42.5 Å². The molecule has 2 heterocycles. The van der Waals surface area contributed by atoms with Crippen molar-refractivity contribution in [3.05, 3.63) is 59.5 Å². The molecule has 24 heavy (non-hydrogen) atoms. The molecule has 0 spiro atoms. The van der Waals surface area contributed by atoms with Crippen molar-refractivity contribution >= 4 is 29.6 Å². The Hall–Kier alpha value is -3.15. The van der Waals surface area contributed by atoms with Gasteiger partial charge in [0, 0.05) is 31.9 Å². The summed E-state index contributed by atoms with van der Waals surface area (Å²) >= 11 is 0. The molecule has 1 aromatic carbocycles. The number of aromatic amines is 1. The number of H-pyrrole nitrogens is 1. The molecule has 6 nitrogen and oxygen atoms in total. The van der Waals surface area contributed by atoms with Crippen molar-refractivity contribution in [3.63, 3.8) is 0 Å². The Balaban J connectivity index is 1.89. The molecule has 0 bridgehead atoms. The van der Waals surface area contributed by atoms with Crippen molar-refractivity contribution in [3.8, 4) is 0 Å². The Morgan fingerprint density at radius 3 is 2.46 bits per heavy atom. The lowest BCUT2D eigenvalue weighted by Gasteiger charge is -2.13. The molecule has 2 aromatic heterocycles. The fourth-order valence-corrected chi connectivity index (χ4v) is 2.17. The molecular formula is C18H20N6. The monoisotopic (exact) mass is 320 g/mol. The molecule has 3 aromatic rings. The molecular weight excluding hydrogens is 300 g/mol. The van der Waals surface area contributed by atoms with Gasteiger partial charge in [0.05, 0.1) is 0 Å². The third-order valence-corrected chi connectivity index (χ3v) is 3.37. The van der Waals surface area contributed by atoms with Crippen molar-refractivity contribution in [1.82, 2.24) is 20.2 Å². The molecule has 122 valence electrons. The summed E-state index contributed by atoms with van der Waals surface area (Å²) in [4.78, 5) is 11.0. The summed E-state index contributed by atoms with van der Waals surface area (Å²) in [6.07, 6.45) is 3.90. The highest BCUT2D eigenvalue weighted by atomic mass is 15.2. The van der Waals surface area contributed by atoms with Crippen LogP contribution >= 0.6 is 0 Å². The van der Waals surface area contributed by atoms with E-state index in [1.54, 1.807) is 0 Å². The molecule has 3 rings (SSSR count). The van der Waals surface area contributed by atoms with Gasteiger partial charge in [-0.15, -0.1) is 0 Å². The highest BCUT2D eigenvalue weighted by molar-refractivity contribution is 5.68. The van der Waals surface area contributed by atoms with Crippen molar-refractivity contribution in [2.45, 2.75) is 6.92 Å². The van der Waals surface area contributed by atoms with Crippen molar-refractivity contribution in [1.29, 1.82) is 0 Å². The maximum Gasteiger partial charge on any atom is 0.156 e. The molecule has 0 fully saturated rings. The first-order valence-electron chi connectivity index (χ1n) is 7.69. The van der Waals surface area contributed by atoms with E-state index in [2.05, 4.69) is 25.5 Å². The van der Waals surface area contributed by atoms with Gasteiger partial charge >= 0.3 is 0 Å². The number of benzene rings is 1. The Labute approximate surface area is 141 Å². The largest absolute Gasteiger partial charge is 0.363 e. The van der Waals surface area contributed by atoms with Crippen LogP contribution in [0.1, 0.15) is 17.1 Å². The average Bonchev–Trinajstić information content (AvgIpc) is 2.98. The Bertz CT molecular complexity index is 836. The van der Waals surface area contributed by atoms with E-state index in [0.29, 0.717) is 11.6 Å². The lowest BCUT2D eigenvalue weighted by atomic mass is 10.2. The van der Waals surface area contributed by atoms with Gasteiger partial charge in [-0.25, -0.2) is 9.97 Å². The van der Waals surface area contributed by atoms with Crippen LogP contribution < -0.4 is 10.2 Å². The number of aryl methyl sites for hydroxylation is 1. The molecule has 0 amide bonds. The standard InChI is InChI=1S/C18H20N6/c1-13-11-17(23-22-13)20-16-12-18(24(2)3)21-15(19-16)10-9-14-7-5-4-6-8-14/h4-12H,1-3H3,(H2,19,20,21,22,23)/b10-9+. The summed E-state index contributed by atoms with van der Waals surface area (Å²) < 4.78 is 0. The van der Waals surface area contributed by atoms with Crippen molar-refractivity contribution in [2.75, 3.05) is 24.3 Å². The van der Waals surface area contributed by atoms with E-state index in [0.717, 1.165) is 22.9 Å². The van der Waals surface area contributed by atoms with Crippen molar-refractivity contribution in [2.24, 2.45) is 0 Å². The summed E-state index contributed by atoms with van der Waals surface area (Å²) in [6.45, 7) is 1.96. The van der Waals surface area contributed by atoms with E-state index in [9.17, 15) is 0 Å². The fraction of sp³-hybridized carbons (Fsp3) is 0.167. The quantitative estimate of drug-likeness (QED) is 0.753. The van der Waals surface area contributed by atoms with Gasteiger partial charge in [-0.1, -0.05) is 36.4 Å². The summed E-state index contributed by atoms with van der Waals surface area (Å²) in [5.74, 6) is 2.90. The van der Waals surface area contributed by atoms with E-state index in [-0.39, 0.29) is 0 Å². The highest BCUT2D eigenvalue weighted by Gasteiger charge is 2.06. The number of hydrogen-bond acceptors (Lipinski definition) is 5. The summed E-state index contributed by atoms with van der Waals surface area (Å²) in [5.41, 5.74) is 2.09. The summed E-state index contributed by atoms with van der Waals surface area (Å²) in [7, 11) is 3.91. The average molecular weight is 320 g/mol. The zero-order valence-electron chi connectivity index (χ0n) is 14.0. The second-order valence-corrected chi connectivity index (χ2v) is 5.67. The molecule has 0 aliphatic heterocycles. The third kappa shape index (κ3) is 3.98. The Morgan fingerprint density at radius 1 is 1.00 bits per heavy atom. The van der Waals surface area contributed by atoms with Crippen LogP contribution in [-0.4, -0.2) is 34.3 Å². The molecule has 0 unspecified atom stereocenters. The van der Waals surface area contributed by atoms with Crippen molar-refractivity contribution < 1.29 is 0 Å². The molecule has 0 radical (unpaired) electrons. The second-order valence-electron chi connectivity index (χ2n) is 5.67. The molecule has 0 atom stereocenters. The maximum atomic E-state index is 4.55. The second kappa shape index (κ2) is 6.95. The number of anilines is 3. The first-order chi connectivity index (χ1) is 11.6. The van der Waals surface area contributed by atoms with Gasteiger partial charge in [-0.3, -0.25) is 5.10 Å². The molecule has 0 saturated heterocycles. The normalized spacial score (nSPS) is 11.0. The van der Waals surface area contributed by atoms with Gasteiger partial charge in [0.1, 0.15) is 11.6 Å². The number of nitrogens with one attached hydrogen (secondary N) is 2. The van der Waals surface area contributed by atoms with E-state index in [1.165, 1.54) is 0 Å². The van der Waals surface area contributed by atoms with E-state index in [1.807, 2.05) is 80.5 Å². The molecule has 2 N–H and O–H groups in total. The summed E-state index contributed by atoms with van der Waals surface area (Å²) in [6, 6.07) is 13.9. The lowest BCUT2D eigenvalue weighted by molar-refractivity contribution is 1.02. The summed E-state index contributed by atoms with van der Waals surface area (Å²) in [5, 5.41) is 10.3. The van der Waals surface area contributed by atoms with E-state index < -0.39 is 0 Å². The minimum absolute atomic E-state index is 0.639. The van der Waals surface area contributed by atoms with Gasteiger partial charge in [-0.2, -0.15) is 5.10 Å². The predicted molar refractivity (Wildman–Crippen MR) is 98.3 cm³/mol. The van der Waals surface area contributed by atoms with Crippen LogP contribution in [0.5, 0.6) is 0 Å². The number of nitrogens with zero attached hydrogens (tertiary/aromatic N) is 4. The minimum Gasteiger partial charge on any atom is -0.363 e. The van der Waals surface area contributed by atoms with Gasteiger partial charge in [-0.05, 0) is 18.6 Å². The van der Waals surface area contributed by atoms with E-state index >= 15 is 0 Å². The van der Waals surface area contributed by atoms with Gasteiger partial charge < -0.3 is 10.2 Å². The molecule has 0 aliphatic carbocycles. The maximum absolute atomic E-state index is 4.55.